The van der Waals surface area contributed by atoms with Crippen molar-refractivity contribution >= 4 is 0 Å². The van der Waals surface area contributed by atoms with Gasteiger partial charge in [0.25, 0.3) is 0 Å². The van der Waals surface area contributed by atoms with Crippen LogP contribution in [-0.2, 0) is 0 Å². The maximum absolute atomic E-state index is 3.81. The SMILES string of the molecule is CCC1CCCCC1C(NC)C1(N(C)C)CCCC(C)C1. The molecular weight excluding hydrogens is 256 g/mol. The molecule has 2 rings (SSSR count). The van der Waals surface area contributed by atoms with Crippen molar-refractivity contribution in [2.45, 2.75) is 83.2 Å². The summed E-state index contributed by atoms with van der Waals surface area (Å²) in [5, 5.41) is 3.81. The Balaban J connectivity index is 2.26. The molecule has 0 saturated heterocycles. The van der Waals surface area contributed by atoms with Gasteiger partial charge in [-0.15, -0.1) is 0 Å². The molecule has 2 saturated carbocycles. The van der Waals surface area contributed by atoms with E-state index in [1.165, 1.54) is 57.8 Å². The Labute approximate surface area is 133 Å². The molecule has 2 nitrogen and oxygen atoms in total. The van der Waals surface area contributed by atoms with E-state index >= 15 is 0 Å². The van der Waals surface area contributed by atoms with Crippen LogP contribution in [0.5, 0.6) is 0 Å². The molecule has 0 amide bonds. The van der Waals surface area contributed by atoms with Crippen LogP contribution in [-0.4, -0.2) is 37.6 Å². The fraction of sp³-hybridized carbons (Fsp3) is 1.00. The van der Waals surface area contributed by atoms with Crippen LogP contribution in [0.3, 0.4) is 0 Å². The minimum absolute atomic E-state index is 0.377. The molecule has 2 aliphatic carbocycles. The normalized spacial score (nSPS) is 39.4. The summed E-state index contributed by atoms with van der Waals surface area (Å²) in [6, 6.07) is 0.667. The number of hydrogen-bond donors (Lipinski definition) is 1. The standard InChI is InChI=1S/C19H38N2/c1-6-16-11-7-8-12-17(16)18(20-3)19(21(4)5)13-9-10-15(2)14-19/h15-18,20H,6-14H2,1-5H3. The van der Waals surface area contributed by atoms with Crippen LogP contribution in [0, 0.1) is 17.8 Å². The number of nitrogens with zero attached hydrogens (tertiary/aromatic N) is 1. The number of nitrogens with one attached hydrogen (secondary N) is 1. The second-order valence-corrected chi connectivity index (χ2v) is 8.08. The average Bonchev–Trinajstić information content (AvgIpc) is 2.48. The lowest BCUT2D eigenvalue weighted by atomic mass is 9.63. The summed E-state index contributed by atoms with van der Waals surface area (Å²) in [7, 11) is 6.87. The van der Waals surface area contributed by atoms with Gasteiger partial charge in [-0.25, -0.2) is 0 Å². The zero-order valence-electron chi connectivity index (χ0n) is 15.1. The van der Waals surface area contributed by atoms with Gasteiger partial charge >= 0.3 is 0 Å². The first-order valence-electron chi connectivity index (χ1n) is 9.39. The Kier molecular flexibility index (Phi) is 6.14. The molecule has 0 radical (unpaired) electrons. The van der Waals surface area contributed by atoms with E-state index in [2.05, 4.69) is 45.2 Å². The van der Waals surface area contributed by atoms with Crippen LogP contribution in [0.2, 0.25) is 0 Å². The number of rotatable bonds is 5. The van der Waals surface area contributed by atoms with Gasteiger partial charge in [-0.1, -0.05) is 52.4 Å². The first-order chi connectivity index (χ1) is 10.0. The molecule has 0 aromatic rings. The highest BCUT2D eigenvalue weighted by molar-refractivity contribution is 5.05. The van der Waals surface area contributed by atoms with Crippen molar-refractivity contribution in [3.05, 3.63) is 0 Å². The lowest BCUT2D eigenvalue weighted by Crippen LogP contribution is -2.64. The molecule has 1 N–H and O–H groups in total. The molecule has 0 heterocycles. The molecule has 0 spiro atoms. The van der Waals surface area contributed by atoms with E-state index in [4.69, 9.17) is 0 Å². The van der Waals surface area contributed by atoms with Crippen molar-refractivity contribution in [2.24, 2.45) is 17.8 Å². The van der Waals surface area contributed by atoms with Crippen LogP contribution in [0.4, 0.5) is 0 Å². The molecular formula is C19H38N2. The summed E-state index contributed by atoms with van der Waals surface area (Å²) >= 11 is 0. The molecule has 0 aromatic heterocycles. The molecule has 124 valence electrons. The number of hydrogen-bond acceptors (Lipinski definition) is 2. The first-order valence-corrected chi connectivity index (χ1v) is 9.39. The van der Waals surface area contributed by atoms with Crippen molar-refractivity contribution in [1.29, 1.82) is 0 Å². The molecule has 0 bridgehead atoms. The highest BCUT2D eigenvalue weighted by atomic mass is 15.2. The third kappa shape index (κ3) is 3.47. The van der Waals surface area contributed by atoms with Crippen LogP contribution < -0.4 is 5.32 Å². The van der Waals surface area contributed by atoms with Gasteiger partial charge in [-0.3, -0.25) is 0 Å². The molecule has 2 aliphatic rings. The van der Waals surface area contributed by atoms with E-state index in [0.717, 1.165) is 17.8 Å². The van der Waals surface area contributed by atoms with Gasteiger partial charge in [0.15, 0.2) is 0 Å². The Morgan fingerprint density at radius 1 is 1.14 bits per heavy atom. The smallest absolute Gasteiger partial charge is 0.0361 e. The van der Waals surface area contributed by atoms with Crippen molar-refractivity contribution in [2.75, 3.05) is 21.1 Å². The summed E-state index contributed by atoms with van der Waals surface area (Å²) in [4.78, 5) is 2.57. The highest BCUT2D eigenvalue weighted by Crippen LogP contribution is 2.45. The third-order valence-electron chi connectivity index (χ3n) is 6.71. The molecule has 2 fully saturated rings. The Bertz CT molecular complexity index is 315. The van der Waals surface area contributed by atoms with Crippen molar-refractivity contribution in [3.8, 4) is 0 Å². The fourth-order valence-corrected chi connectivity index (χ4v) is 5.59. The third-order valence-corrected chi connectivity index (χ3v) is 6.71. The zero-order chi connectivity index (χ0) is 15.5. The molecule has 0 aromatic carbocycles. The van der Waals surface area contributed by atoms with Crippen LogP contribution in [0.1, 0.15) is 71.6 Å². The highest BCUT2D eigenvalue weighted by Gasteiger charge is 2.47. The van der Waals surface area contributed by atoms with Gasteiger partial charge in [-0.2, -0.15) is 0 Å². The first kappa shape index (κ1) is 17.3. The van der Waals surface area contributed by atoms with Gasteiger partial charge in [0.2, 0.25) is 0 Å². The van der Waals surface area contributed by atoms with Crippen molar-refractivity contribution in [3.63, 3.8) is 0 Å². The summed E-state index contributed by atoms with van der Waals surface area (Å²) in [6.07, 6.45) is 12.7. The maximum atomic E-state index is 3.81. The summed E-state index contributed by atoms with van der Waals surface area (Å²) in [5.41, 5.74) is 0.377. The van der Waals surface area contributed by atoms with Crippen LogP contribution in [0.25, 0.3) is 0 Å². The zero-order valence-corrected chi connectivity index (χ0v) is 15.1. The monoisotopic (exact) mass is 294 g/mol. The van der Waals surface area contributed by atoms with E-state index in [1.54, 1.807) is 0 Å². The molecule has 5 unspecified atom stereocenters. The quantitative estimate of drug-likeness (QED) is 0.813. The van der Waals surface area contributed by atoms with Gasteiger partial charge < -0.3 is 10.2 Å². The number of likely N-dealkylation sites (N-methyl/N-ethyl adjacent to an activating group) is 2. The van der Waals surface area contributed by atoms with E-state index in [0.29, 0.717) is 11.6 Å². The fourth-order valence-electron chi connectivity index (χ4n) is 5.59. The van der Waals surface area contributed by atoms with E-state index in [1.807, 2.05) is 0 Å². The Hall–Kier alpha value is -0.0800. The van der Waals surface area contributed by atoms with Gasteiger partial charge in [0.1, 0.15) is 0 Å². The lowest BCUT2D eigenvalue weighted by Gasteiger charge is -2.54. The summed E-state index contributed by atoms with van der Waals surface area (Å²) in [6.45, 7) is 4.86. The summed E-state index contributed by atoms with van der Waals surface area (Å²) < 4.78 is 0. The van der Waals surface area contributed by atoms with E-state index in [-0.39, 0.29) is 0 Å². The molecule has 0 aliphatic heterocycles. The van der Waals surface area contributed by atoms with Crippen molar-refractivity contribution in [1.82, 2.24) is 10.2 Å². The van der Waals surface area contributed by atoms with Gasteiger partial charge in [0, 0.05) is 11.6 Å². The largest absolute Gasteiger partial charge is 0.315 e. The Morgan fingerprint density at radius 3 is 2.43 bits per heavy atom. The average molecular weight is 295 g/mol. The van der Waals surface area contributed by atoms with Crippen molar-refractivity contribution < 1.29 is 0 Å². The molecule has 21 heavy (non-hydrogen) atoms. The van der Waals surface area contributed by atoms with E-state index in [9.17, 15) is 0 Å². The summed E-state index contributed by atoms with van der Waals surface area (Å²) in [5.74, 6) is 2.69. The second kappa shape index (κ2) is 7.46. The predicted octanol–water partition coefficient (Wildman–Crippen LogP) is 4.30. The second-order valence-electron chi connectivity index (χ2n) is 8.08. The van der Waals surface area contributed by atoms with Crippen LogP contribution >= 0.6 is 0 Å². The van der Waals surface area contributed by atoms with Gasteiger partial charge in [-0.05, 0) is 58.2 Å². The predicted molar refractivity (Wildman–Crippen MR) is 92.6 cm³/mol. The minimum atomic E-state index is 0.377. The minimum Gasteiger partial charge on any atom is -0.315 e. The van der Waals surface area contributed by atoms with Crippen LogP contribution in [0.15, 0.2) is 0 Å². The maximum Gasteiger partial charge on any atom is 0.0361 e. The Morgan fingerprint density at radius 2 is 1.86 bits per heavy atom. The molecule has 5 atom stereocenters. The lowest BCUT2D eigenvalue weighted by molar-refractivity contribution is -0.00344. The van der Waals surface area contributed by atoms with E-state index < -0.39 is 0 Å². The topological polar surface area (TPSA) is 15.3 Å². The molecule has 2 heteroatoms. The van der Waals surface area contributed by atoms with Gasteiger partial charge in [0.05, 0.1) is 0 Å².